The van der Waals surface area contributed by atoms with Gasteiger partial charge < -0.3 is 0 Å². The molecule has 0 N–H and O–H groups in total. The molecule has 1 aromatic heterocycles. The molecule has 9 rings (SSSR count). The van der Waals surface area contributed by atoms with Gasteiger partial charge in [-0.1, -0.05) is 158 Å². The first-order chi connectivity index (χ1) is 22.3. The van der Waals surface area contributed by atoms with Crippen molar-refractivity contribution in [2.75, 3.05) is 0 Å². The van der Waals surface area contributed by atoms with E-state index in [0.29, 0.717) is 0 Å². The van der Waals surface area contributed by atoms with Gasteiger partial charge in [0.1, 0.15) is 5.01 Å². The first-order valence-corrected chi connectivity index (χ1v) is 16.1. The topological polar surface area (TPSA) is 12.9 Å². The van der Waals surface area contributed by atoms with E-state index in [1.54, 1.807) is 11.3 Å². The van der Waals surface area contributed by atoms with Gasteiger partial charge in [-0.05, 0) is 65.3 Å². The fourth-order valence-corrected chi connectivity index (χ4v) is 7.91. The predicted molar refractivity (Wildman–Crippen MR) is 194 cm³/mol. The highest BCUT2D eigenvalue weighted by Crippen LogP contribution is 2.43. The van der Waals surface area contributed by atoms with Crippen molar-refractivity contribution >= 4 is 54.4 Å². The van der Waals surface area contributed by atoms with Gasteiger partial charge in [0.2, 0.25) is 0 Å². The minimum absolute atomic E-state index is 1.04. The normalized spacial score (nSPS) is 11.6. The summed E-state index contributed by atoms with van der Waals surface area (Å²) in [5.41, 5.74) is 7.41. The van der Waals surface area contributed by atoms with Crippen molar-refractivity contribution in [1.82, 2.24) is 4.98 Å². The highest BCUT2D eigenvalue weighted by molar-refractivity contribution is 7.18. The van der Waals surface area contributed by atoms with Gasteiger partial charge in [-0.2, -0.15) is 0 Å². The standard InChI is InChI=1S/C43H27NS/c1-3-15-30-28(11-1)13-9-21-32(30)38-23-25-40(36-19-7-5-17-34(36)38)42-27-44-43(45-42)41-26-24-39(35-18-6-8-20-37(35)41)33-22-10-14-29-12-2-4-16-31(29)33/h1-27H. The van der Waals surface area contributed by atoms with Gasteiger partial charge in [0.05, 0.1) is 4.88 Å². The lowest BCUT2D eigenvalue weighted by Crippen LogP contribution is -1.87. The maximum Gasteiger partial charge on any atom is 0.124 e. The summed E-state index contributed by atoms with van der Waals surface area (Å²) in [6.45, 7) is 0. The van der Waals surface area contributed by atoms with Gasteiger partial charge in [-0.15, -0.1) is 11.3 Å². The number of rotatable bonds is 4. The van der Waals surface area contributed by atoms with Crippen LogP contribution in [-0.4, -0.2) is 4.98 Å². The molecule has 0 fully saturated rings. The Kier molecular flexibility index (Phi) is 6.07. The van der Waals surface area contributed by atoms with Crippen molar-refractivity contribution in [3.63, 3.8) is 0 Å². The number of aromatic nitrogens is 1. The summed E-state index contributed by atoms with van der Waals surface area (Å²) in [5.74, 6) is 0. The van der Waals surface area contributed by atoms with Crippen molar-refractivity contribution in [3.05, 3.63) is 164 Å². The van der Waals surface area contributed by atoms with Crippen LogP contribution < -0.4 is 0 Å². The quantitative estimate of drug-likeness (QED) is 0.199. The molecule has 0 spiro atoms. The van der Waals surface area contributed by atoms with E-state index in [1.807, 2.05) is 6.20 Å². The number of thiazole rings is 1. The Hall–Kier alpha value is -5.57. The SMILES string of the molecule is c1ccc2c(-c3ccc(-c4cnc(-c5ccc(-c6cccc7ccccc67)c6ccccc56)s4)c4ccccc34)cccc2c1. The Balaban J connectivity index is 1.17. The van der Waals surface area contributed by atoms with Crippen LogP contribution in [0.4, 0.5) is 0 Å². The highest BCUT2D eigenvalue weighted by atomic mass is 32.1. The van der Waals surface area contributed by atoms with E-state index in [9.17, 15) is 0 Å². The summed E-state index contributed by atoms with van der Waals surface area (Å²) >= 11 is 1.77. The number of nitrogens with zero attached hydrogens (tertiary/aromatic N) is 1. The van der Waals surface area contributed by atoms with E-state index >= 15 is 0 Å². The molecule has 0 radical (unpaired) electrons. The molecule has 0 unspecified atom stereocenters. The molecular formula is C43H27NS. The second-order valence-electron chi connectivity index (χ2n) is 11.5. The smallest absolute Gasteiger partial charge is 0.124 e. The van der Waals surface area contributed by atoms with Crippen molar-refractivity contribution in [2.45, 2.75) is 0 Å². The maximum absolute atomic E-state index is 5.01. The third-order valence-electron chi connectivity index (χ3n) is 9.01. The average molecular weight is 590 g/mol. The summed E-state index contributed by atoms with van der Waals surface area (Å²) in [6, 6.07) is 57.0. The van der Waals surface area contributed by atoms with Gasteiger partial charge in [-0.25, -0.2) is 4.98 Å². The Labute approximate surface area is 265 Å². The summed E-state index contributed by atoms with van der Waals surface area (Å²) < 4.78 is 0. The Morgan fingerprint density at radius 1 is 0.311 bits per heavy atom. The van der Waals surface area contributed by atoms with Gasteiger partial charge >= 0.3 is 0 Å². The molecule has 0 aliphatic carbocycles. The van der Waals surface area contributed by atoms with E-state index < -0.39 is 0 Å². The minimum atomic E-state index is 1.04. The monoisotopic (exact) mass is 589 g/mol. The maximum atomic E-state index is 5.01. The molecule has 9 aromatic rings. The summed E-state index contributed by atoms with van der Waals surface area (Å²) in [7, 11) is 0. The van der Waals surface area contributed by atoms with Crippen molar-refractivity contribution in [3.8, 4) is 43.3 Å². The molecule has 1 heterocycles. The van der Waals surface area contributed by atoms with Gasteiger partial charge in [0, 0.05) is 17.3 Å². The molecule has 0 bridgehead atoms. The Morgan fingerprint density at radius 3 is 1.24 bits per heavy atom. The van der Waals surface area contributed by atoms with Crippen LogP contribution in [0, 0.1) is 0 Å². The molecule has 0 aliphatic heterocycles. The summed E-state index contributed by atoms with van der Waals surface area (Å²) in [4.78, 5) is 6.19. The van der Waals surface area contributed by atoms with Crippen LogP contribution in [0.2, 0.25) is 0 Å². The molecule has 8 aromatic carbocycles. The average Bonchev–Trinajstić information content (AvgIpc) is 3.60. The fraction of sp³-hybridized carbons (Fsp3) is 0. The highest BCUT2D eigenvalue weighted by Gasteiger charge is 2.16. The van der Waals surface area contributed by atoms with Crippen LogP contribution in [0.25, 0.3) is 86.4 Å². The fourth-order valence-electron chi connectivity index (χ4n) is 6.91. The van der Waals surface area contributed by atoms with Crippen molar-refractivity contribution < 1.29 is 0 Å². The largest absolute Gasteiger partial charge is 0.244 e. The van der Waals surface area contributed by atoms with Crippen LogP contribution in [0.15, 0.2) is 164 Å². The third kappa shape index (κ3) is 4.26. The third-order valence-corrected chi connectivity index (χ3v) is 10.1. The zero-order valence-corrected chi connectivity index (χ0v) is 25.3. The van der Waals surface area contributed by atoms with Crippen LogP contribution in [0.3, 0.4) is 0 Å². The van der Waals surface area contributed by atoms with E-state index in [-0.39, 0.29) is 0 Å². The summed E-state index contributed by atoms with van der Waals surface area (Å²) in [5, 5.41) is 11.1. The molecule has 0 atom stereocenters. The molecule has 0 saturated heterocycles. The lowest BCUT2D eigenvalue weighted by atomic mass is 9.92. The van der Waals surface area contributed by atoms with E-state index in [4.69, 9.17) is 4.98 Å². The molecule has 45 heavy (non-hydrogen) atoms. The molecule has 0 amide bonds. The van der Waals surface area contributed by atoms with Crippen molar-refractivity contribution in [1.29, 1.82) is 0 Å². The van der Waals surface area contributed by atoms with Gasteiger partial charge in [0.15, 0.2) is 0 Å². The van der Waals surface area contributed by atoms with Crippen molar-refractivity contribution in [2.24, 2.45) is 0 Å². The lowest BCUT2D eigenvalue weighted by molar-refractivity contribution is 1.42. The van der Waals surface area contributed by atoms with E-state index in [2.05, 4.69) is 158 Å². The van der Waals surface area contributed by atoms with Gasteiger partial charge in [0.25, 0.3) is 0 Å². The molecule has 210 valence electrons. The van der Waals surface area contributed by atoms with Crippen LogP contribution in [0.1, 0.15) is 0 Å². The molecule has 1 nitrogen and oxygen atoms in total. The van der Waals surface area contributed by atoms with Gasteiger partial charge in [-0.3, -0.25) is 0 Å². The first kappa shape index (κ1) is 25.9. The minimum Gasteiger partial charge on any atom is -0.244 e. The van der Waals surface area contributed by atoms with Crippen LogP contribution >= 0.6 is 11.3 Å². The zero-order chi connectivity index (χ0) is 29.7. The first-order valence-electron chi connectivity index (χ1n) is 15.3. The van der Waals surface area contributed by atoms with Crippen LogP contribution in [0.5, 0.6) is 0 Å². The van der Waals surface area contributed by atoms with E-state index in [0.717, 1.165) is 5.01 Å². The molecule has 0 aliphatic rings. The number of benzene rings is 8. The zero-order valence-electron chi connectivity index (χ0n) is 24.4. The molecule has 2 heteroatoms. The second kappa shape index (κ2) is 10.6. The number of hydrogen-bond acceptors (Lipinski definition) is 2. The molecule has 0 saturated carbocycles. The molecular weight excluding hydrogens is 563 g/mol. The predicted octanol–water partition coefficient (Wildman–Crippen LogP) is 12.4. The number of fused-ring (bicyclic) bond motifs is 4. The van der Waals surface area contributed by atoms with Crippen LogP contribution in [-0.2, 0) is 0 Å². The Morgan fingerprint density at radius 2 is 0.689 bits per heavy atom. The lowest BCUT2D eigenvalue weighted by Gasteiger charge is -2.13. The second-order valence-corrected chi connectivity index (χ2v) is 12.5. The Bertz CT molecular complexity index is 2370. The summed E-state index contributed by atoms with van der Waals surface area (Å²) in [6.07, 6.45) is 2.05. The number of hydrogen-bond donors (Lipinski definition) is 0. The van der Waals surface area contributed by atoms with E-state index in [1.165, 1.54) is 81.3 Å².